The first-order valence-corrected chi connectivity index (χ1v) is 9.91. The molecule has 5 heteroatoms. The average Bonchev–Trinajstić information content (AvgIpc) is 2.55. The van der Waals surface area contributed by atoms with Gasteiger partial charge in [0, 0.05) is 46.4 Å². The number of rotatable bonds is 6. The van der Waals surface area contributed by atoms with Gasteiger partial charge in [-0.25, -0.2) is 0 Å². The molecule has 1 N–H and O–H groups in total. The number of nitrogens with one attached hydrogen (secondary N) is 1. The van der Waals surface area contributed by atoms with Crippen LogP contribution < -0.4 is 5.32 Å². The molecule has 0 aliphatic carbocycles. The summed E-state index contributed by atoms with van der Waals surface area (Å²) >= 11 is 0. The summed E-state index contributed by atoms with van der Waals surface area (Å²) < 4.78 is 5.74. The first-order chi connectivity index (χ1) is 11.6. The van der Waals surface area contributed by atoms with Crippen LogP contribution in [0.25, 0.3) is 0 Å². The van der Waals surface area contributed by atoms with E-state index in [-0.39, 0.29) is 0 Å². The molecule has 0 bridgehead atoms. The van der Waals surface area contributed by atoms with Crippen LogP contribution in [-0.2, 0) is 4.74 Å². The van der Waals surface area contributed by atoms with E-state index in [1.54, 1.807) is 0 Å². The maximum Gasteiger partial charge on any atom is 0.193 e. The molecular weight excluding hydrogens is 300 g/mol. The van der Waals surface area contributed by atoms with Crippen molar-refractivity contribution in [2.75, 3.05) is 52.9 Å². The fraction of sp³-hybridized carbons (Fsp3) is 0.947. The molecule has 2 unspecified atom stereocenters. The van der Waals surface area contributed by atoms with Crippen LogP contribution >= 0.6 is 0 Å². The molecule has 0 aromatic rings. The predicted molar refractivity (Wildman–Crippen MR) is 102 cm³/mol. The third-order valence-corrected chi connectivity index (χ3v) is 5.23. The minimum atomic E-state index is 0.437. The first kappa shape index (κ1) is 19.5. The average molecular weight is 339 g/mol. The summed E-state index contributed by atoms with van der Waals surface area (Å²) in [5, 5.41) is 3.56. The number of ether oxygens (including phenoxy) is 1. The van der Waals surface area contributed by atoms with Crippen molar-refractivity contribution in [1.82, 2.24) is 15.1 Å². The third kappa shape index (κ3) is 6.25. The van der Waals surface area contributed by atoms with Crippen LogP contribution in [0, 0.1) is 11.8 Å². The molecule has 0 radical (unpaired) electrons. The molecule has 140 valence electrons. The lowest BCUT2D eigenvalue weighted by atomic mass is 9.92. The minimum absolute atomic E-state index is 0.437. The van der Waals surface area contributed by atoms with Gasteiger partial charge in [-0.1, -0.05) is 13.8 Å². The van der Waals surface area contributed by atoms with Crippen molar-refractivity contribution in [1.29, 1.82) is 0 Å². The zero-order chi connectivity index (χ0) is 17.4. The summed E-state index contributed by atoms with van der Waals surface area (Å²) in [5.74, 6) is 2.76. The normalized spacial score (nSPS) is 27.5. The maximum absolute atomic E-state index is 5.74. The summed E-state index contributed by atoms with van der Waals surface area (Å²) in [6.45, 7) is 14.5. The van der Waals surface area contributed by atoms with Gasteiger partial charge in [0.05, 0.1) is 6.10 Å². The highest BCUT2D eigenvalue weighted by molar-refractivity contribution is 5.79. The van der Waals surface area contributed by atoms with E-state index in [2.05, 4.69) is 40.9 Å². The molecule has 0 saturated carbocycles. The summed E-state index contributed by atoms with van der Waals surface area (Å²) in [5.41, 5.74) is 0. The smallest absolute Gasteiger partial charge is 0.193 e. The number of hydrogen-bond donors (Lipinski definition) is 1. The number of piperidine rings is 2. The van der Waals surface area contributed by atoms with Gasteiger partial charge in [0.1, 0.15) is 0 Å². The Kier molecular flexibility index (Phi) is 8.33. The Morgan fingerprint density at radius 2 is 1.83 bits per heavy atom. The number of guanidine groups is 1. The van der Waals surface area contributed by atoms with E-state index >= 15 is 0 Å². The fourth-order valence-electron chi connectivity index (χ4n) is 4.28. The van der Waals surface area contributed by atoms with Gasteiger partial charge in [0.15, 0.2) is 5.96 Å². The van der Waals surface area contributed by atoms with Crippen LogP contribution in [0.1, 0.15) is 46.5 Å². The highest BCUT2D eigenvalue weighted by Gasteiger charge is 2.22. The SMILES string of the molecule is CCOC1CCN(C(=NC)NCCCN2CC(C)CC(C)C2)CC1. The molecule has 2 saturated heterocycles. The highest BCUT2D eigenvalue weighted by Crippen LogP contribution is 2.20. The molecule has 2 aliphatic rings. The molecule has 24 heavy (non-hydrogen) atoms. The van der Waals surface area contributed by atoms with E-state index in [1.807, 2.05) is 7.05 Å². The summed E-state index contributed by atoms with van der Waals surface area (Å²) in [6, 6.07) is 0. The lowest BCUT2D eigenvalue weighted by Gasteiger charge is -2.35. The molecule has 2 aliphatic heterocycles. The van der Waals surface area contributed by atoms with E-state index in [4.69, 9.17) is 4.74 Å². The summed E-state index contributed by atoms with van der Waals surface area (Å²) in [6.07, 6.45) is 5.23. The van der Waals surface area contributed by atoms with Gasteiger partial charge in [0.2, 0.25) is 0 Å². The van der Waals surface area contributed by atoms with Crippen LogP contribution in [0.2, 0.25) is 0 Å². The molecule has 0 aromatic carbocycles. The van der Waals surface area contributed by atoms with Gasteiger partial charge in [0.25, 0.3) is 0 Å². The van der Waals surface area contributed by atoms with Gasteiger partial charge in [-0.2, -0.15) is 0 Å². The molecular formula is C19H38N4O. The Morgan fingerprint density at radius 1 is 1.17 bits per heavy atom. The lowest BCUT2D eigenvalue weighted by Crippen LogP contribution is -2.47. The van der Waals surface area contributed by atoms with Crippen molar-refractivity contribution in [3.8, 4) is 0 Å². The van der Waals surface area contributed by atoms with Gasteiger partial charge in [-0.3, -0.25) is 4.99 Å². The van der Waals surface area contributed by atoms with Gasteiger partial charge >= 0.3 is 0 Å². The zero-order valence-corrected chi connectivity index (χ0v) is 16.3. The molecule has 0 spiro atoms. The number of aliphatic imine (C=N–C) groups is 1. The standard InChI is InChI=1S/C19H38N4O/c1-5-24-18-7-11-23(12-8-18)19(20-4)21-9-6-10-22-14-16(2)13-17(3)15-22/h16-18H,5-15H2,1-4H3,(H,20,21). The Balaban J connectivity index is 1.63. The molecule has 0 aromatic heterocycles. The van der Waals surface area contributed by atoms with Crippen molar-refractivity contribution in [2.24, 2.45) is 16.8 Å². The van der Waals surface area contributed by atoms with Crippen LogP contribution in [0.15, 0.2) is 4.99 Å². The Labute approximate surface area is 148 Å². The minimum Gasteiger partial charge on any atom is -0.378 e. The second-order valence-corrected chi connectivity index (χ2v) is 7.67. The van der Waals surface area contributed by atoms with Gasteiger partial charge in [-0.15, -0.1) is 0 Å². The fourth-order valence-corrected chi connectivity index (χ4v) is 4.28. The van der Waals surface area contributed by atoms with Gasteiger partial charge in [-0.05, 0) is 51.0 Å². The molecule has 2 heterocycles. The molecule has 5 nitrogen and oxygen atoms in total. The topological polar surface area (TPSA) is 40.1 Å². The number of nitrogens with zero attached hydrogens (tertiary/aromatic N) is 3. The van der Waals surface area contributed by atoms with Crippen molar-refractivity contribution < 1.29 is 4.74 Å². The van der Waals surface area contributed by atoms with Crippen molar-refractivity contribution in [3.05, 3.63) is 0 Å². The van der Waals surface area contributed by atoms with Gasteiger partial charge < -0.3 is 19.9 Å². The van der Waals surface area contributed by atoms with Crippen molar-refractivity contribution in [3.63, 3.8) is 0 Å². The second kappa shape index (κ2) is 10.2. The number of likely N-dealkylation sites (tertiary alicyclic amines) is 2. The van der Waals surface area contributed by atoms with Crippen LogP contribution in [0.4, 0.5) is 0 Å². The molecule has 0 amide bonds. The largest absolute Gasteiger partial charge is 0.378 e. The molecule has 2 fully saturated rings. The first-order valence-electron chi connectivity index (χ1n) is 9.91. The van der Waals surface area contributed by atoms with E-state index in [9.17, 15) is 0 Å². The van der Waals surface area contributed by atoms with Crippen LogP contribution in [0.5, 0.6) is 0 Å². The highest BCUT2D eigenvalue weighted by atomic mass is 16.5. The second-order valence-electron chi connectivity index (χ2n) is 7.67. The lowest BCUT2D eigenvalue weighted by molar-refractivity contribution is 0.0263. The van der Waals surface area contributed by atoms with E-state index in [0.29, 0.717) is 6.10 Å². The summed E-state index contributed by atoms with van der Waals surface area (Å²) in [7, 11) is 1.89. The Bertz CT molecular complexity index is 370. The number of hydrogen-bond acceptors (Lipinski definition) is 3. The van der Waals surface area contributed by atoms with Crippen LogP contribution in [0.3, 0.4) is 0 Å². The summed E-state index contributed by atoms with van der Waals surface area (Å²) in [4.78, 5) is 9.48. The Morgan fingerprint density at radius 3 is 2.42 bits per heavy atom. The predicted octanol–water partition coefficient (Wildman–Crippen LogP) is 2.43. The molecule has 2 atom stereocenters. The Hall–Kier alpha value is -0.810. The monoisotopic (exact) mass is 338 g/mol. The van der Waals surface area contributed by atoms with E-state index < -0.39 is 0 Å². The zero-order valence-electron chi connectivity index (χ0n) is 16.3. The van der Waals surface area contributed by atoms with Crippen LogP contribution in [-0.4, -0.2) is 74.8 Å². The maximum atomic E-state index is 5.74. The third-order valence-electron chi connectivity index (χ3n) is 5.23. The van der Waals surface area contributed by atoms with Crippen molar-refractivity contribution in [2.45, 2.75) is 52.6 Å². The van der Waals surface area contributed by atoms with Crippen molar-refractivity contribution >= 4 is 5.96 Å². The quantitative estimate of drug-likeness (QED) is 0.459. The van der Waals surface area contributed by atoms with E-state index in [0.717, 1.165) is 56.9 Å². The van der Waals surface area contributed by atoms with E-state index in [1.165, 1.54) is 32.5 Å². The molecule has 2 rings (SSSR count).